The third-order valence-electron chi connectivity index (χ3n) is 1.93. The van der Waals surface area contributed by atoms with Gasteiger partial charge in [0, 0.05) is 11.0 Å². The van der Waals surface area contributed by atoms with Gasteiger partial charge in [-0.1, -0.05) is 22.0 Å². The molecule has 0 aliphatic rings. The van der Waals surface area contributed by atoms with Crippen LogP contribution in [0.5, 0.6) is 0 Å². The first-order valence-corrected chi connectivity index (χ1v) is 4.94. The molecule has 0 saturated heterocycles. The molecule has 72 valence electrons. The van der Waals surface area contributed by atoms with Gasteiger partial charge < -0.3 is 5.73 Å². The van der Waals surface area contributed by atoms with Crippen LogP contribution in [0.2, 0.25) is 0 Å². The molecular formula is C9H9BrN4. The van der Waals surface area contributed by atoms with Gasteiger partial charge in [0.05, 0.1) is 5.69 Å². The normalized spacial score (nSPS) is 10.4. The quantitative estimate of drug-likeness (QED) is 0.882. The van der Waals surface area contributed by atoms with E-state index in [0.717, 1.165) is 15.7 Å². The van der Waals surface area contributed by atoms with E-state index in [0.29, 0.717) is 6.54 Å². The molecule has 0 amide bonds. The second kappa shape index (κ2) is 3.89. The SMILES string of the molecule is NCc1ccc(Br)cc1-n1cncn1. The maximum Gasteiger partial charge on any atom is 0.138 e. The van der Waals surface area contributed by atoms with Gasteiger partial charge in [-0.2, -0.15) is 5.10 Å². The minimum Gasteiger partial charge on any atom is -0.326 e. The average Bonchev–Trinajstić information content (AvgIpc) is 2.70. The number of hydrogen-bond acceptors (Lipinski definition) is 3. The van der Waals surface area contributed by atoms with Crippen molar-refractivity contribution in [3.63, 3.8) is 0 Å². The molecule has 2 rings (SSSR count). The molecule has 0 saturated carbocycles. The largest absolute Gasteiger partial charge is 0.326 e. The van der Waals surface area contributed by atoms with Gasteiger partial charge in [0.25, 0.3) is 0 Å². The number of halogens is 1. The first-order valence-electron chi connectivity index (χ1n) is 4.15. The summed E-state index contributed by atoms with van der Waals surface area (Å²) in [4.78, 5) is 3.90. The third-order valence-corrected chi connectivity index (χ3v) is 2.43. The van der Waals surface area contributed by atoms with Crippen LogP contribution in [-0.2, 0) is 6.54 Å². The predicted octanol–water partition coefficient (Wildman–Crippen LogP) is 1.49. The monoisotopic (exact) mass is 252 g/mol. The number of aromatic nitrogens is 3. The van der Waals surface area contributed by atoms with E-state index in [2.05, 4.69) is 26.0 Å². The second-order valence-electron chi connectivity index (χ2n) is 2.82. The molecule has 0 bridgehead atoms. The number of nitrogens with two attached hydrogens (primary N) is 1. The molecule has 0 aliphatic heterocycles. The number of nitrogens with zero attached hydrogens (tertiary/aromatic N) is 3. The maximum atomic E-state index is 5.63. The highest BCUT2D eigenvalue weighted by atomic mass is 79.9. The summed E-state index contributed by atoms with van der Waals surface area (Å²) in [6.07, 6.45) is 3.15. The lowest BCUT2D eigenvalue weighted by atomic mass is 10.2. The van der Waals surface area contributed by atoms with Crippen LogP contribution in [0.3, 0.4) is 0 Å². The van der Waals surface area contributed by atoms with Crippen molar-refractivity contribution < 1.29 is 0 Å². The van der Waals surface area contributed by atoms with Crippen LogP contribution in [0.25, 0.3) is 5.69 Å². The maximum absolute atomic E-state index is 5.63. The zero-order valence-corrected chi connectivity index (χ0v) is 8.98. The van der Waals surface area contributed by atoms with E-state index in [1.807, 2.05) is 18.2 Å². The highest BCUT2D eigenvalue weighted by Crippen LogP contribution is 2.19. The summed E-state index contributed by atoms with van der Waals surface area (Å²) in [6, 6.07) is 5.90. The summed E-state index contributed by atoms with van der Waals surface area (Å²) < 4.78 is 2.70. The Morgan fingerprint density at radius 1 is 1.43 bits per heavy atom. The molecule has 0 aliphatic carbocycles. The van der Waals surface area contributed by atoms with Gasteiger partial charge in [0.15, 0.2) is 0 Å². The fourth-order valence-electron chi connectivity index (χ4n) is 1.26. The topological polar surface area (TPSA) is 56.7 Å². The molecule has 14 heavy (non-hydrogen) atoms. The molecule has 5 heteroatoms. The van der Waals surface area contributed by atoms with Crippen LogP contribution in [0.4, 0.5) is 0 Å². The molecule has 1 heterocycles. The van der Waals surface area contributed by atoms with Crippen LogP contribution < -0.4 is 5.73 Å². The van der Waals surface area contributed by atoms with E-state index in [1.54, 1.807) is 11.0 Å². The van der Waals surface area contributed by atoms with Gasteiger partial charge in [-0.15, -0.1) is 0 Å². The summed E-state index contributed by atoms with van der Waals surface area (Å²) in [5.74, 6) is 0. The molecule has 0 spiro atoms. The van der Waals surface area contributed by atoms with E-state index >= 15 is 0 Å². The Balaban J connectivity index is 2.55. The van der Waals surface area contributed by atoms with E-state index < -0.39 is 0 Å². The first kappa shape index (κ1) is 9.36. The van der Waals surface area contributed by atoms with Gasteiger partial charge in [0.1, 0.15) is 12.7 Å². The Morgan fingerprint density at radius 3 is 2.93 bits per heavy atom. The number of hydrogen-bond donors (Lipinski definition) is 1. The minimum atomic E-state index is 0.489. The van der Waals surface area contributed by atoms with Crippen LogP contribution in [0.15, 0.2) is 35.3 Å². The van der Waals surface area contributed by atoms with Gasteiger partial charge in [-0.25, -0.2) is 9.67 Å². The summed E-state index contributed by atoms with van der Waals surface area (Å²) in [5.41, 5.74) is 7.63. The van der Waals surface area contributed by atoms with Gasteiger partial charge in [-0.3, -0.25) is 0 Å². The zero-order valence-electron chi connectivity index (χ0n) is 7.39. The van der Waals surface area contributed by atoms with Crippen molar-refractivity contribution in [2.24, 2.45) is 5.73 Å². The fourth-order valence-corrected chi connectivity index (χ4v) is 1.60. The zero-order chi connectivity index (χ0) is 9.97. The lowest BCUT2D eigenvalue weighted by molar-refractivity contribution is 0.856. The molecule has 0 radical (unpaired) electrons. The average molecular weight is 253 g/mol. The van der Waals surface area contributed by atoms with Crippen LogP contribution in [0.1, 0.15) is 5.56 Å². The minimum absolute atomic E-state index is 0.489. The van der Waals surface area contributed by atoms with Crippen molar-refractivity contribution in [2.45, 2.75) is 6.54 Å². The Morgan fingerprint density at radius 2 is 2.29 bits per heavy atom. The van der Waals surface area contributed by atoms with Crippen molar-refractivity contribution >= 4 is 15.9 Å². The molecule has 1 aromatic carbocycles. The Kier molecular flexibility index (Phi) is 2.60. The van der Waals surface area contributed by atoms with E-state index in [9.17, 15) is 0 Å². The number of benzene rings is 1. The molecular weight excluding hydrogens is 244 g/mol. The van der Waals surface area contributed by atoms with Gasteiger partial charge in [0.2, 0.25) is 0 Å². The summed E-state index contributed by atoms with van der Waals surface area (Å²) in [6.45, 7) is 0.489. The van der Waals surface area contributed by atoms with E-state index in [-0.39, 0.29) is 0 Å². The molecule has 4 nitrogen and oxygen atoms in total. The number of rotatable bonds is 2. The fraction of sp³-hybridized carbons (Fsp3) is 0.111. The molecule has 0 unspecified atom stereocenters. The van der Waals surface area contributed by atoms with Crippen LogP contribution in [-0.4, -0.2) is 14.8 Å². The van der Waals surface area contributed by atoms with E-state index in [1.165, 1.54) is 6.33 Å². The Labute approximate surface area is 89.9 Å². The lowest BCUT2D eigenvalue weighted by Crippen LogP contribution is -2.04. The van der Waals surface area contributed by atoms with Crippen LogP contribution >= 0.6 is 15.9 Å². The lowest BCUT2D eigenvalue weighted by Gasteiger charge is -2.07. The van der Waals surface area contributed by atoms with Gasteiger partial charge >= 0.3 is 0 Å². The van der Waals surface area contributed by atoms with Crippen molar-refractivity contribution in [2.75, 3.05) is 0 Å². The van der Waals surface area contributed by atoms with Crippen molar-refractivity contribution in [3.8, 4) is 5.69 Å². The smallest absolute Gasteiger partial charge is 0.138 e. The molecule has 1 aromatic heterocycles. The van der Waals surface area contributed by atoms with Crippen molar-refractivity contribution in [1.29, 1.82) is 0 Å². The molecule has 0 atom stereocenters. The second-order valence-corrected chi connectivity index (χ2v) is 3.73. The molecule has 2 N–H and O–H groups in total. The predicted molar refractivity (Wildman–Crippen MR) is 57.0 cm³/mol. The van der Waals surface area contributed by atoms with E-state index in [4.69, 9.17) is 5.73 Å². The van der Waals surface area contributed by atoms with Gasteiger partial charge in [-0.05, 0) is 17.7 Å². The van der Waals surface area contributed by atoms with Crippen molar-refractivity contribution in [3.05, 3.63) is 40.9 Å². The highest BCUT2D eigenvalue weighted by Gasteiger charge is 2.04. The summed E-state index contributed by atoms with van der Waals surface area (Å²) in [7, 11) is 0. The summed E-state index contributed by atoms with van der Waals surface area (Å²) >= 11 is 3.41. The van der Waals surface area contributed by atoms with Crippen LogP contribution in [0, 0.1) is 0 Å². The highest BCUT2D eigenvalue weighted by molar-refractivity contribution is 9.10. The standard InChI is InChI=1S/C9H9BrN4/c10-8-2-1-7(4-11)9(3-8)14-6-12-5-13-14/h1-3,5-6H,4,11H2. The molecule has 0 fully saturated rings. The summed E-state index contributed by atoms with van der Waals surface area (Å²) in [5, 5.41) is 4.07. The Bertz CT molecular complexity index is 424. The Hall–Kier alpha value is -1.20. The first-order chi connectivity index (χ1) is 6.81. The third kappa shape index (κ3) is 1.69. The van der Waals surface area contributed by atoms with Crippen molar-refractivity contribution in [1.82, 2.24) is 14.8 Å². The molecule has 2 aromatic rings.